The van der Waals surface area contributed by atoms with Crippen molar-refractivity contribution < 1.29 is 23.5 Å². The Kier molecular flexibility index (Phi) is 2.60. The Balaban J connectivity index is 2.37. The zero-order valence-corrected chi connectivity index (χ0v) is 8.53. The molecule has 0 aliphatic carbocycles. The molecule has 0 saturated carbocycles. The van der Waals surface area contributed by atoms with Gasteiger partial charge in [-0.2, -0.15) is 0 Å². The summed E-state index contributed by atoms with van der Waals surface area (Å²) in [5, 5.41) is 0. The number of hydrogen-bond donors (Lipinski definition) is 0. The first-order valence-electron chi connectivity index (χ1n) is 4.69. The summed E-state index contributed by atoms with van der Waals surface area (Å²) >= 11 is 0. The van der Waals surface area contributed by atoms with Crippen LogP contribution in [-0.2, 0) is 20.7 Å². The fourth-order valence-electron chi connectivity index (χ4n) is 1.66. The van der Waals surface area contributed by atoms with Crippen LogP contribution in [0.1, 0.15) is 15.9 Å². The number of halogens is 1. The molecule has 0 radical (unpaired) electrons. The van der Waals surface area contributed by atoms with E-state index < -0.39 is 23.9 Å². The molecular formula is C11H9FO4. The topological polar surface area (TPSA) is 52.6 Å². The van der Waals surface area contributed by atoms with Crippen molar-refractivity contribution in [2.75, 3.05) is 7.11 Å². The molecule has 0 bridgehead atoms. The van der Waals surface area contributed by atoms with Gasteiger partial charge < -0.3 is 9.47 Å². The van der Waals surface area contributed by atoms with Crippen LogP contribution in [0.15, 0.2) is 18.2 Å². The minimum Gasteiger partial charge on any atom is -0.466 e. The molecule has 0 amide bonds. The molecule has 0 aromatic heterocycles. The molecule has 1 atom stereocenters. The highest BCUT2D eigenvalue weighted by atomic mass is 19.1. The van der Waals surface area contributed by atoms with E-state index in [-0.39, 0.29) is 12.0 Å². The van der Waals surface area contributed by atoms with Gasteiger partial charge in [0.1, 0.15) is 5.82 Å². The van der Waals surface area contributed by atoms with Gasteiger partial charge in [0.15, 0.2) is 0 Å². The standard InChI is InChI=1S/C11H9FO4/c1-15-10(13)8-5-6-3-2-4-7(12)9(6)11(14)16-8/h2-4,8H,5H2,1H3. The van der Waals surface area contributed by atoms with Gasteiger partial charge in [0.05, 0.1) is 12.7 Å². The number of carbonyl (C=O) groups is 2. The van der Waals surface area contributed by atoms with Crippen LogP contribution in [-0.4, -0.2) is 25.2 Å². The van der Waals surface area contributed by atoms with Crippen LogP contribution in [0.3, 0.4) is 0 Å². The van der Waals surface area contributed by atoms with E-state index in [0.717, 1.165) is 0 Å². The Hall–Kier alpha value is -1.91. The molecule has 5 heteroatoms. The molecule has 1 unspecified atom stereocenters. The quantitative estimate of drug-likeness (QED) is 0.670. The number of cyclic esters (lactones) is 1. The lowest BCUT2D eigenvalue weighted by Gasteiger charge is -2.22. The highest BCUT2D eigenvalue weighted by Crippen LogP contribution is 2.23. The smallest absolute Gasteiger partial charge is 0.347 e. The van der Waals surface area contributed by atoms with Gasteiger partial charge in [-0.3, -0.25) is 0 Å². The molecule has 16 heavy (non-hydrogen) atoms. The summed E-state index contributed by atoms with van der Waals surface area (Å²) in [7, 11) is 1.21. The van der Waals surface area contributed by atoms with Gasteiger partial charge >= 0.3 is 11.9 Å². The van der Waals surface area contributed by atoms with Crippen LogP contribution in [0.5, 0.6) is 0 Å². The van der Waals surface area contributed by atoms with E-state index in [1.807, 2.05) is 0 Å². The molecule has 0 N–H and O–H groups in total. The van der Waals surface area contributed by atoms with Crippen molar-refractivity contribution in [3.63, 3.8) is 0 Å². The first-order valence-corrected chi connectivity index (χ1v) is 4.69. The summed E-state index contributed by atoms with van der Waals surface area (Å²) in [5.41, 5.74) is 0.370. The third kappa shape index (κ3) is 1.64. The number of rotatable bonds is 1. The van der Waals surface area contributed by atoms with Crippen molar-refractivity contribution in [3.8, 4) is 0 Å². The molecule has 84 valence electrons. The van der Waals surface area contributed by atoms with Crippen molar-refractivity contribution in [3.05, 3.63) is 35.1 Å². The average molecular weight is 224 g/mol. The molecule has 0 saturated heterocycles. The van der Waals surface area contributed by atoms with E-state index in [2.05, 4.69) is 4.74 Å². The van der Waals surface area contributed by atoms with Crippen LogP contribution < -0.4 is 0 Å². The van der Waals surface area contributed by atoms with E-state index in [9.17, 15) is 14.0 Å². The fraction of sp³-hybridized carbons (Fsp3) is 0.273. The summed E-state index contributed by atoms with van der Waals surface area (Å²) in [6, 6.07) is 4.26. The number of fused-ring (bicyclic) bond motifs is 1. The van der Waals surface area contributed by atoms with Gasteiger partial charge in [-0.1, -0.05) is 12.1 Å². The van der Waals surface area contributed by atoms with Crippen molar-refractivity contribution in [2.24, 2.45) is 0 Å². The van der Waals surface area contributed by atoms with Gasteiger partial charge in [-0.05, 0) is 11.6 Å². The summed E-state index contributed by atoms with van der Waals surface area (Å²) in [4.78, 5) is 22.7. The minimum atomic E-state index is -0.980. The Bertz CT molecular complexity index is 455. The zero-order chi connectivity index (χ0) is 11.7. The monoisotopic (exact) mass is 224 g/mol. The van der Waals surface area contributed by atoms with E-state index in [1.54, 1.807) is 6.07 Å². The predicted molar refractivity (Wildman–Crippen MR) is 51.3 cm³/mol. The number of methoxy groups -OCH3 is 1. The van der Waals surface area contributed by atoms with Crippen LogP contribution in [0.25, 0.3) is 0 Å². The van der Waals surface area contributed by atoms with Crippen LogP contribution in [0, 0.1) is 5.82 Å². The Morgan fingerprint density at radius 2 is 2.31 bits per heavy atom. The number of benzene rings is 1. The third-order valence-electron chi connectivity index (χ3n) is 2.42. The first kappa shape index (κ1) is 10.6. The van der Waals surface area contributed by atoms with Gasteiger partial charge in [0.2, 0.25) is 6.10 Å². The normalized spacial score (nSPS) is 18.6. The lowest BCUT2D eigenvalue weighted by Crippen LogP contribution is -2.35. The summed E-state index contributed by atoms with van der Waals surface area (Å²) in [6.45, 7) is 0. The lowest BCUT2D eigenvalue weighted by molar-refractivity contribution is -0.151. The second-order valence-corrected chi connectivity index (χ2v) is 3.40. The molecule has 1 aromatic rings. The summed E-state index contributed by atoms with van der Waals surface area (Å²) < 4.78 is 22.6. The second-order valence-electron chi connectivity index (χ2n) is 3.40. The molecule has 2 rings (SSSR count). The molecule has 0 spiro atoms. The van der Waals surface area contributed by atoms with Crippen LogP contribution >= 0.6 is 0 Å². The molecular weight excluding hydrogens is 215 g/mol. The van der Waals surface area contributed by atoms with Crippen molar-refractivity contribution in [2.45, 2.75) is 12.5 Å². The Morgan fingerprint density at radius 3 is 3.00 bits per heavy atom. The maximum Gasteiger partial charge on any atom is 0.347 e. The maximum atomic E-state index is 13.3. The van der Waals surface area contributed by atoms with Gasteiger partial charge in [-0.25, -0.2) is 14.0 Å². The zero-order valence-electron chi connectivity index (χ0n) is 8.53. The fourth-order valence-corrected chi connectivity index (χ4v) is 1.66. The van der Waals surface area contributed by atoms with Crippen molar-refractivity contribution in [1.82, 2.24) is 0 Å². The lowest BCUT2D eigenvalue weighted by atomic mass is 9.98. The van der Waals surface area contributed by atoms with Crippen LogP contribution in [0.4, 0.5) is 4.39 Å². The number of esters is 2. The second kappa shape index (κ2) is 3.92. The molecule has 4 nitrogen and oxygen atoms in total. The maximum absolute atomic E-state index is 13.3. The molecule has 0 fully saturated rings. The van der Waals surface area contributed by atoms with Gasteiger partial charge in [0.25, 0.3) is 0 Å². The molecule has 1 aliphatic rings. The number of carbonyl (C=O) groups excluding carboxylic acids is 2. The highest BCUT2D eigenvalue weighted by molar-refractivity contribution is 5.95. The molecule has 1 aliphatic heterocycles. The molecule has 1 aromatic carbocycles. The Morgan fingerprint density at radius 1 is 1.56 bits per heavy atom. The van der Waals surface area contributed by atoms with Crippen molar-refractivity contribution in [1.29, 1.82) is 0 Å². The summed E-state index contributed by atoms with van der Waals surface area (Å²) in [6.07, 6.45) is -0.835. The summed E-state index contributed by atoms with van der Waals surface area (Å²) in [5.74, 6) is -2.09. The first-order chi connectivity index (χ1) is 7.63. The van der Waals surface area contributed by atoms with E-state index in [0.29, 0.717) is 5.56 Å². The van der Waals surface area contributed by atoms with E-state index >= 15 is 0 Å². The molecule has 1 heterocycles. The van der Waals surface area contributed by atoms with Gasteiger partial charge in [0, 0.05) is 6.42 Å². The average Bonchev–Trinajstić information content (AvgIpc) is 2.27. The Labute approximate surface area is 91.0 Å². The van der Waals surface area contributed by atoms with E-state index in [4.69, 9.17) is 4.74 Å². The van der Waals surface area contributed by atoms with E-state index in [1.165, 1.54) is 19.2 Å². The number of ether oxygens (including phenoxy) is 2. The van der Waals surface area contributed by atoms with Crippen LogP contribution in [0.2, 0.25) is 0 Å². The third-order valence-corrected chi connectivity index (χ3v) is 2.42. The van der Waals surface area contributed by atoms with Gasteiger partial charge in [-0.15, -0.1) is 0 Å². The largest absolute Gasteiger partial charge is 0.466 e. The SMILES string of the molecule is COC(=O)C1Cc2cccc(F)c2C(=O)O1. The van der Waals surface area contributed by atoms with Crippen molar-refractivity contribution >= 4 is 11.9 Å². The predicted octanol–water partition coefficient (Wildman–Crippen LogP) is 1.08. The highest BCUT2D eigenvalue weighted by Gasteiger charge is 2.33. The minimum absolute atomic E-state index is 0.0948. The number of hydrogen-bond acceptors (Lipinski definition) is 4.